The number of hydrogen-bond acceptors (Lipinski definition) is 3. The lowest BCUT2D eigenvalue weighted by molar-refractivity contribution is -0.124. The number of thiophene rings is 1. The standard InChI is InChI=1S/C10H16N2OS/c1-10(2,4-5-11)9(13)12-8-3-6-14-7-8/h3,6-7H,4-5,11H2,1-2H3,(H,12,13). The van der Waals surface area contributed by atoms with Crippen LogP contribution in [0.5, 0.6) is 0 Å². The van der Waals surface area contributed by atoms with E-state index in [1.54, 1.807) is 11.3 Å². The molecule has 1 aromatic heterocycles. The fourth-order valence-corrected chi connectivity index (χ4v) is 1.70. The molecule has 0 aliphatic heterocycles. The van der Waals surface area contributed by atoms with Crippen LogP contribution in [-0.4, -0.2) is 12.5 Å². The minimum Gasteiger partial charge on any atom is -0.330 e. The molecule has 0 bridgehead atoms. The summed E-state index contributed by atoms with van der Waals surface area (Å²) in [7, 11) is 0. The normalized spacial score (nSPS) is 11.4. The number of nitrogens with two attached hydrogens (primary N) is 1. The molecule has 1 aromatic rings. The molecule has 0 saturated heterocycles. The number of carbonyl (C=O) groups excluding carboxylic acids is 1. The molecular weight excluding hydrogens is 196 g/mol. The molecule has 3 N–H and O–H groups in total. The Morgan fingerprint density at radius 1 is 1.64 bits per heavy atom. The van der Waals surface area contributed by atoms with E-state index in [1.165, 1.54) is 0 Å². The van der Waals surface area contributed by atoms with E-state index in [4.69, 9.17) is 5.73 Å². The first-order chi connectivity index (χ1) is 6.56. The van der Waals surface area contributed by atoms with E-state index in [-0.39, 0.29) is 5.91 Å². The molecule has 0 spiro atoms. The van der Waals surface area contributed by atoms with Crippen molar-refractivity contribution in [2.24, 2.45) is 11.1 Å². The van der Waals surface area contributed by atoms with Crippen molar-refractivity contribution >= 4 is 22.9 Å². The van der Waals surface area contributed by atoms with Crippen molar-refractivity contribution in [3.05, 3.63) is 16.8 Å². The van der Waals surface area contributed by atoms with Gasteiger partial charge in [0.15, 0.2) is 0 Å². The van der Waals surface area contributed by atoms with E-state index in [9.17, 15) is 4.79 Å². The molecule has 0 saturated carbocycles. The van der Waals surface area contributed by atoms with Gasteiger partial charge in [-0.1, -0.05) is 13.8 Å². The predicted octanol–water partition coefficient (Wildman–Crippen LogP) is 2.06. The SMILES string of the molecule is CC(C)(CCN)C(=O)Nc1ccsc1. The number of hydrogen-bond donors (Lipinski definition) is 2. The highest BCUT2D eigenvalue weighted by Crippen LogP contribution is 2.22. The van der Waals surface area contributed by atoms with Crippen LogP contribution in [0.3, 0.4) is 0 Å². The topological polar surface area (TPSA) is 55.1 Å². The van der Waals surface area contributed by atoms with Crippen LogP contribution in [0.25, 0.3) is 0 Å². The van der Waals surface area contributed by atoms with Crippen molar-refractivity contribution < 1.29 is 4.79 Å². The summed E-state index contributed by atoms with van der Waals surface area (Å²) in [5, 5.41) is 6.71. The first-order valence-electron chi connectivity index (χ1n) is 4.60. The molecule has 4 heteroatoms. The van der Waals surface area contributed by atoms with Crippen LogP contribution in [0.2, 0.25) is 0 Å². The highest BCUT2D eigenvalue weighted by Gasteiger charge is 2.26. The van der Waals surface area contributed by atoms with Gasteiger partial charge in [-0.3, -0.25) is 4.79 Å². The molecule has 1 heterocycles. The number of nitrogens with one attached hydrogen (secondary N) is 1. The maximum Gasteiger partial charge on any atom is 0.230 e. The summed E-state index contributed by atoms with van der Waals surface area (Å²) in [5.41, 5.74) is 5.92. The van der Waals surface area contributed by atoms with Crippen LogP contribution >= 0.6 is 11.3 Å². The average molecular weight is 212 g/mol. The van der Waals surface area contributed by atoms with Gasteiger partial charge in [0, 0.05) is 10.8 Å². The van der Waals surface area contributed by atoms with Crippen LogP contribution in [-0.2, 0) is 4.79 Å². The summed E-state index contributed by atoms with van der Waals surface area (Å²) in [6.45, 7) is 4.34. The fourth-order valence-electron chi connectivity index (χ4n) is 1.11. The summed E-state index contributed by atoms with van der Waals surface area (Å²) in [5.74, 6) is 0.0290. The third-order valence-corrected chi connectivity index (χ3v) is 2.85. The van der Waals surface area contributed by atoms with E-state index in [1.807, 2.05) is 30.7 Å². The number of amides is 1. The van der Waals surface area contributed by atoms with Gasteiger partial charge in [-0.05, 0) is 24.4 Å². The van der Waals surface area contributed by atoms with Gasteiger partial charge in [0.25, 0.3) is 0 Å². The Morgan fingerprint density at radius 2 is 2.36 bits per heavy atom. The lowest BCUT2D eigenvalue weighted by Gasteiger charge is -2.22. The molecule has 0 aromatic carbocycles. The first kappa shape index (κ1) is 11.2. The van der Waals surface area contributed by atoms with Gasteiger partial charge in [-0.25, -0.2) is 0 Å². The maximum atomic E-state index is 11.8. The van der Waals surface area contributed by atoms with Gasteiger partial charge >= 0.3 is 0 Å². The summed E-state index contributed by atoms with van der Waals surface area (Å²) >= 11 is 1.57. The Balaban J connectivity index is 2.57. The van der Waals surface area contributed by atoms with Crippen molar-refractivity contribution in [1.29, 1.82) is 0 Å². The van der Waals surface area contributed by atoms with E-state index < -0.39 is 5.41 Å². The van der Waals surface area contributed by atoms with Crippen LogP contribution in [0.1, 0.15) is 20.3 Å². The monoisotopic (exact) mass is 212 g/mol. The largest absolute Gasteiger partial charge is 0.330 e. The minimum atomic E-state index is -0.392. The summed E-state index contributed by atoms with van der Waals surface area (Å²) in [6.07, 6.45) is 0.697. The highest BCUT2D eigenvalue weighted by molar-refractivity contribution is 7.08. The first-order valence-corrected chi connectivity index (χ1v) is 5.54. The second-order valence-corrected chi connectivity index (χ2v) is 4.67. The Hall–Kier alpha value is -0.870. The molecule has 0 atom stereocenters. The summed E-state index contributed by atoms with van der Waals surface area (Å²) in [6, 6.07) is 1.89. The second-order valence-electron chi connectivity index (χ2n) is 3.89. The predicted molar refractivity (Wildman–Crippen MR) is 60.4 cm³/mol. The fraction of sp³-hybridized carbons (Fsp3) is 0.500. The van der Waals surface area contributed by atoms with Crippen LogP contribution in [0.15, 0.2) is 16.8 Å². The molecule has 1 amide bonds. The van der Waals surface area contributed by atoms with Crippen LogP contribution < -0.4 is 11.1 Å². The van der Waals surface area contributed by atoms with E-state index >= 15 is 0 Å². The van der Waals surface area contributed by atoms with Crippen molar-refractivity contribution in [3.63, 3.8) is 0 Å². The van der Waals surface area contributed by atoms with Crippen LogP contribution in [0, 0.1) is 5.41 Å². The highest BCUT2D eigenvalue weighted by atomic mass is 32.1. The Kier molecular flexibility index (Phi) is 3.66. The van der Waals surface area contributed by atoms with Crippen molar-refractivity contribution in [1.82, 2.24) is 0 Å². The average Bonchev–Trinajstić information content (AvgIpc) is 2.56. The Bertz CT molecular complexity index is 293. The summed E-state index contributed by atoms with van der Waals surface area (Å²) in [4.78, 5) is 11.8. The van der Waals surface area contributed by atoms with Gasteiger partial charge in [0.2, 0.25) is 5.91 Å². The number of anilines is 1. The lowest BCUT2D eigenvalue weighted by Crippen LogP contribution is -2.32. The van der Waals surface area contributed by atoms with E-state index in [0.29, 0.717) is 13.0 Å². The minimum absolute atomic E-state index is 0.0290. The summed E-state index contributed by atoms with van der Waals surface area (Å²) < 4.78 is 0. The molecule has 0 unspecified atom stereocenters. The number of rotatable bonds is 4. The zero-order valence-electron chi connectivity index (χ0n) is 8.54. The lowest BCUT2D eigenvalue weighted by atomic mass is 9.88. The quantitative estimate of drug-likeness (QED) is 0.802. The van der Waals surface area contributed by atoms with E-state index in [2.05, 4.69) is 5.32 Å². The third-order valence-electron chi connectivity index (χ3n) is 2.16. The van der Waals surface area contributed by atoms with Gasteiger partial charge in [0.05, 0.1) is 5.69 Å². The second kappa shape index (κ2) is 4.57. The van der Waals surface area contributed by atoms with Crippen LogP contribution in [0.4, 0.5) is 5.69 Å². The Morgan fingerprint density at radius 3 is 2.86 bits per heavy atom. The molecule has 3 nitrogen and oxygen atoms in total. The van der Waals surface area contributed by atoms with Gasteiger partial charge in [-0.15, -0.1) is 0 Å². The van der Waals surface area contributed by atoms with E-state index in [0.717, 1.165) is 5.69 Å². The van der Waals surface area contributed by atoms with Gasteiger partial charge in [0.1, 0.15) is 0 Å². The Labute approximate surface area is 88.3 Å². The third kappa shape index (κ3) is 2.82. The molecule has 78 valence electrons. The zero-order valence-corrected chi connectivity index (χ0v) is 9.36. The molecule has 0 radical (unpaired) electrons. The molecule has 0 aliphatic carbocycles. The smallest absolute Gasteiger partial charge is 0.230 e. The zero-order chi connectivity index (χ0) is 10.6. The molecule has 0 aliphatic rings. The van der Waals surface area contributed by atoms with Gasteiger partial charge < -0.3 is 11.1 Å². The van der Waals surface area contributed by atoms with Gasteiger partial charge in [-0.2, -0.15) is 11.3 Å². The molecule has 0 fully saturated rings. The molecular formula is C10H16N2OS. The molecule has 14 heavy (non-hydrogen) atoms. The van der Waals surface area contributed by atoms with Crippen molar-refractivity contribution in [3.8, 4) is 0 Å². The van der Waals surface area contributed by atoms with Crippen molar-refractivity contribution in [2.45, 2.75) is 20.3 Å². The van der Waals surface area contributed by atoms with Crippen molar-refractivity contribution in [2.75, 3.05) is 11.9 Å². The maximum absolute atomic E-state index is 11.8. The molecule has 1 rings (SSSR count). The number of carbonyl (C=O) groups is 1.